The monoisotopic (exact) mass is 423 g/mol. The summed E-state index contributed by atoms with van der Waals surface area (Å²) in [5, 5.41) is 0.0489. The van der Waals surface area contributed by atoms with E-state index in [2.05, 4.69) is 13.2 Å². The Kier molecular flexibility index (Phi) is 6.69. The highest BCUT2D eigenvalue weighted by Crippen LogP contribution is 2.50. The van der Waals surface area contributed by atoms with Crippen molar-refractivity contribution in [2.75, 3.05) is 26.1 Å². The molecule has 2 saturated heterocycles. The highest BCUT2D eigenvalue weighted by molar-refractivity contribution is 7.99. The normalized spacial score (nSPS) is 28.6. The highest BCUT2D eigenvalue weighted by Gasteiger charge is 2.64. The van der Waals surface area contributed by atoms with E-state index in [9.17, 15) is 14.4 Å². The van der Waals surface area contributed by atoms with Crippen molar-refractivity contribution < 1.29 is 33.3 Å². The summed E-state index contributed by atoms with van der Waals surface area (Å²) in [5.74, 6) is -1.49. The molecule has 0 radical (unpaired) electrons. The van der Waals surface area contributed by atoms with Crippen molar-refractivity contribution in [3.8, 4) is 0 Å². The standard InChI is InChI=1S/C20H25NO7S/c1-5-8-26-19(23)16-14-12(29-4)7-10-25-17(14)15-13(18(22)21(15)16)11(3)28-20(24)27-9-6-2/h5-6,11-13,15,17H,1-2,7-10H2,3-4H3/t11-,12+,13-,15+,17+/m1/s1. The first-order valence-corrected chi connectivity index (χ1v) is 10.7. The van der Waals surface area contributed by atoms with Crippen molar-refractivity contribution >= 4 is 29.8 Å². The maximum absolute atomic E-state index is 13.0. The molecule has 3 aliphatic rings. The summed E-state index contributed by atoms with van der Waals surface area (Å²) in [6, 6.07) is -0.416. The quantitative estimate of drug-likeness (QED) is 0.333. The Hall–Kier alpha value is -2.26. The van der Waals surface area contributed by atoms with Crippen LogP contribution in [0.3, 0.4) is 0 Å². The van der Waals surface area contributed by atoms with E-state index < -0.39 is 36.3 Å². The number of nitrogens with zero attached hydrogens (tertiary/aromatic N) is 1. The van der Waals surface area contributed by atoms with Crippen LogP contribution >= 0.6 is 11.8 Å². The molecule has 3 heterocycles. The maximum Gasteiger partial charge on any atom is 0.508 e. The third kappa shape index (κ3) is 3.81. The second kappa shape index (κ2) is 9.04. The first-order chi connectivity index (χ1) is 14.0. The van der Waals surface area contributed by atoms with Gasteiger partial charge < -0.3 is 18.9 Å². The fraction of sp³-hybridized carbons (Fsp3) is 0.550. The number of β-lactam (4-membered cyclic amide) rings is 1. The van der Waals surface area contributed by atoms with Gasteiger partial charge in [0, 0.05) is 17.4 Å². The number of amides is 1. The van der Waals surface area contributed by atoms with E-state index in [1.54, 1.807) is 18.7 Å². The van der Waals surface area contributed by atoms with E-state index in [0.717, 1.165) is 12.0 Å². The number of fused-ring (bicyclic) bond motifs is 3. The number of esters is 1. The third-order valence-electron chi connectivity index (χ3n) is 5.26. The zero-order valence-corrected chi connectivity index (χ0v) is 17.3. The van der Waals surface area contributed by atoms with E-state index in [1.165, 1.54) is 17.1 Å². The minimum absolute atomic E-state index is 0.0197. The molecule has 29 heavy (non-hydrogen) atoms. The van der Waals surface area contributed by atoms with Gasteiger partial charge in [0.25, 0.3) is 0 Å². The Balaban J connectivity index is 1.84. The van der Waals surface area contributed by atoms with Crippen molar-refractivity contribution in [2.45, 2.75) is 36.8 Å². The predicted molar refractivity (Wildman–Crippen MR) is 106 cm³/mol. The van der Waals surface area contributed by atoms with Crippen LogP contribution in [0.5, 0.6) is 0 Å². The van der Waals surface area contributed by atoms with Crippen LogP contribution in [0.4, 0.5) is 4.79 Å². The van der Waals surface area contributed by atoms with E-state index in [1.807, 2.05) is 6.26 Å². The van der Waals surface area contributed by atoms with Gasteiger partial charge in [0.1, 0.15) is 31.1 Å². The first kappa shape index (κ1) is 21.4. The van der Waals surface area contributed by atoms with Crippen LogP contribution in [0.1, 0.15) is 13.3 Å². The van der Waals surface area contributed by atoms with E-state index in [4.69, 9.17) is 18.9 Å². The molecule has 5 atom stereocenters. The van der Waals surface area contributed by atoms with Gasteiger partial charge in [0.05, 0.1) is 12.0 Å². The van der Waals surface area contributed by atoms with E-state index in [-0.39, 0.29) is 30.1 Å². The number of carbonyl (C=O) groups is 3. The summed E-state index contributed by atoms with van der Waals surface area (Å²) in [4.78, 5) is 38.9. The number of hydrogen-bond acceptors (Lipinski definition) is 8. The Morgan fingerprint density at radius 2 is 2.00 bits per heavy atom. The van der Waals surface area contributed by atoms with E-state index in [0.29, 0.717) is 6.61 Å². The molecule has 8 nitrogen and oxygen atoms in total. The highest BCUT2D eigenvalue weighted by atomic mass is 32.2. The van der Waals surface area contributed by atoms with Crippen molar-refractivity contribution in [1.29, 1.82) is 0 Å². The zero-order valence-electron chi connectivity index (χ0n) is 16.5. The summed E-state index contributed by atoms with van der Waals surface area (Å²) < 4.78 is 21.3. The van der Waals surface area contributed by atoms with Gasteiger partial charge in [0.15, 0.2) is 0 Å². The average molecular weight is 423 g/mol. The smallest absolute Gasteiger partial charge is 0.457 e. The second-order valence-corrected chi connectivity index (χ2v) is 7.93. The third-order valence-corrected chi connectivity index (χ3v) is 6.32. The van der Waals surface area contributed by atoms with Crippen LogP contribution in [0.25, 0.3) is 0 Å². The summed E-state index contributed by atoms with van der Waals surface area (Å²) in [6.07, 6.45) is 3.58. The molecule has 9 heteroatoms. The molecule has 0 bridgehead atoms. The Morgan fingerprint density at radius 3 is 2.66 bits per heavy atom. The average Bonchev–Trinajstić information content (AvgIpc) is 3.01. The van der Waals surface area contributed by atoms with Crippen LogP contribution in [0.2, 0.25) is 0 Å². The molecule has 0 aromatic rings. The molecule has 0 aliphatic carbocycles. The first-order valence-electron chi connectivity index (χ1n) is 9.40. The van der Waals surface area contributed by atoms with Gasteiger partial charge in [-0.1, -0.05) is 25.3 Å². The number of hydrogen-bond donors (Lipinski definition) is 0. The predicted octanol–water partition coefficient (Wildman–Crippen LogP) is 2.06. The Morgan fingerprint density at radius 1 is 1.31 bits per heavy atom. The zero-order chi connectivity index (χ0) is 21.1. The van der Waals surface area contributed by atoms with Gasteiger partial charge in [-0.2, -0.15) is 11.8 Å². The minimum Gasteiger partial charge on any atom is -0.457 e. The lowest BCUT2D eigenvalue weighted by atomic mass is 9.80. The van der Waals surface area contributed by atoms with Crippen molar-refractivity contribution in [2.24, 2.45) is 5.92 Å². The fourth-order valence-electron chi connectivity index (χ4n) is 4.08. The molecule has 0 unspecified atom stereocenters. The molecule has 158 valence electrons. The number of carbonyl (C=O) groups excluding carboxylic acids is 3. The molecule has 0 saturated carbocycles. The Bertz CT molecular complexity index is 749. The lowest BCUT2D eigenvalue weighted by Crippen LogP contribution is -2.66. The van der Waals surface area contributed by atoms with Gasteiger partial charge >= 0.3 is 12.1 Å². The van der Waals surface area contributed by atoms with Crippen LogP contribution in [0.15, 0.2) is 36.6 Å². The molecule has 3 rings (SSSR count). The van der Waals surface area contributed by atoms with Crippen molar-refractivity contribution in [3.05, 3.63) is 36.6 Å². The van der Waals surface area contributed by atoms with Crippen molar-refractivity contribution in [1.82, 2.24) is 4.90 Å². The SMILES string of the molecule is C=CCOC(=O)O[C@H](C)[C@H]1C(=O)N2C(C(=O)OCC=C)=C3[C@@H](SC)CCO[C@@H]3[C@H]12. The summed E-state index contributed by atoms with van der Waals surface area (Å²) >= 11 is 1.61. The molecule has 0 aromatic carbocycles. The summed E-state index contributed by atoms with van der Waals surface area (Å²) in [7, 11) is 0. The Labute approximate surface area is 173 Å². The van der Waals surface area contributed by atoms with Crippen LogP contribution < -0.4 is 0 Å². The molecular weight excluding hydrogens is 398 g/mol. The second-order valence-electron chi connectivity index (χ2n) is 6.89. The van der Waals surface area contributed by atoms with Gasteiger partial charge in [-0.3, -0.25) is 9.69 Å². The lowest BCUT2D eigenvalue weighted by molar-refractivity contribution is -0.170. The number of thioether (sulfide) groups is 1. The fourth-order valence-corrected chi connectivity index (χ4v) is 4.91. The number of ether oxygens (including phenoxy) is 4. The topological polar surface area (TPSA) is 91.4 Å². The maximum atomic E-state index is 13.0. The summed E-state index contributed by atoms with van der Waals surface area (Å²) in [5.41, 5.74) is 1.03. The molecule has 2 fully saturated rings. The number of rotatable bonds is 8. The van der Waals surface area contributed by atoms with Gasteiger partial charge in [0.2, 0.25) is 5.91 Å². The van der Waals surface area contributed by atoms with E-state index >= 15 is 0 Å². The van der Waals surface area contributed by atoms with Crippen molar-refractivity contribution in [3.63, 3.8) is 0 Å². The van der Waals surface area contributed by atoms with Crippen LogP contribution in [-0.4, -0.2) is 72.5 Å². The molecule has 0 N–H and O–H groups in total. The minimum atomic E-state index is -0.869. The lowest BCUT2D eigenvalue weighted by Gasteiger charge is -2.47. The van der Waals surface area contributed by atoms with Crippen LogP contribution in [0, 0.1) is 5.92 Å². The molecule has 3 aliphatic heterocycles. The molecule has 0 spiro atoms. The largest absolute Gasteiger partial charge is 0.508 e. The summed E-state index contributed by atoms with van der Waals surface area (Å²) in [6.45, 7) is 9.25. The molecule has 0 aromatic heterocycles. The van der Waals surface area contributed by atoms with Gasteiger partial charge in [-0.05, 0) is 19.6 Å². The van der Waals surface area contributed by atoms with Gasteiger partial charge in [-0.15, -0.1) is 0 Å². The van der Waals surface area contributed by atoms with Gasteiger partial charge in [-0.25, -0.2) is 9.59 Å². The molecule has 1 amide bonds. The molecular formula is C20H25NO7S. The van der Waals surface area contributed by atoms with Crippen LogP contribution in [-0.2, 0) is 28.5 Å².